The van der Waals surface area contributed by atoms with Crippen LogP contribution >= 0.6 is 11.6 Å². The third-order valence-corrected chi connectivity index (χ3v) is 1.37. The van der Waals surface area contributed by atoms with Crippen molar-refractivity contribution in [3.8, 4) is 11.8 Å². The van der Waals surface area contributed by atoms with E-state index in [2.05, 4.69) is 16.6 Å². The molecule has 0 aliphatic rings. The number of ether oxygens (including phenoxy) is 1. The molecule has 0 saturated carbocycles. The van der Waals surface area contributed by atoms with Crippen molar-refractivity contribution in [1.82, 2.24) is 0 Å². The third-order valence-electron chi connectivity index (χ3n) is 1.26. The maximum Gasteiger partial charge on any atom is 0.404 e. The minimum Gasteiger partial charge on any atom is -0.440 e. The molecule has 0 radical (unpaired) electrons. The number of hydrogen-bond acceptors (Lipinski definition) is 2. The Bertz CT molecular complexity index is 335. The predicted octanol–water partition coefficient (Wildman–Crippen LogP) is 2.41. The van der Waals surface area contributed by atoms with Crippen molar-refractivity contribution in [1.29, 1.82) is 0 Å². The van der Waals surface area contributed by atoms with Crippen LogP contribution in [-0.2, 0) is 4.74 Å². The average Bonchev–Trinajstić information content (AvgIpc) is 2.14. The van der Waals surface area contributed by atoms with E-state index in [1.165, 1.54) is 0 Å². The van der Waals surface area contributed by atoms with Crippen LogP contribution in [0.25, 0.3) is 0 Å². The Balaban J connectivity index is 2.44. The maximum atomic E-state index is 10.1. The molecule has 0 atom stereocenters. The van der Waals surface area contributed by atoms with Gasteiger partial charge in [0.2, 0.25) is 0 Å². The van der Waals surface area contributed by atoms with Gasteiger partial charge in [0.25, 0.3) is 0 Å². The molecule has 0 heterocycles. The van der Waals surface area contributed by atoms with E-state index in [9.17, 15) is 4.79 Å². The van der Waals surface area contributed by atoms with Crippen LogP contribution in [0.2, 0.25) is 0 Å². The highest BCUT2D eigenvalue weighted by Crippen LogP contribution is 1.94. The number of carbonyl (C=O) groups excluding carboxylic acids is 1. The minimum atomic E-state index is -0.831. The lowest BCUT2D eigenvalue weighted by atomic mass is 10.2. The van der Waals surface area contributed by atoms with E-state index in [0.29, 0.717) is 0 Å². The van der Waals surface area contributed by atoms with Crippen molar-refractivity contribution in [3.05, 3.63) is 35.9 Å². The highest BCUT2D eigenvalue weighted by Gasteiger charge is 1.89. The van der Waals surface area contributed by atoms with Crippen LogP contribution in [0.15, 0.2) is 30.3 Å². The number of halogens is 1. The molecule has 3 heteroatoms. The smallest absolute Gasteiger partial charge is 0.404 e. The van der Waals surface area contributed by atoms with E-state index in [-0.39, 0.29) is 6.61 Å². The Hall–Kier alpha value is -1.46. The second-order valence-corrected chi connectivity index (χ2v) is 2.50. The standard InChI is InChI=1S/C10H7ClO2/c11-10(12)13-8-4-7-9-5-2-1-3-6-9/h1-3,5-6H,8H2. The van der Waals surface area contributed by atoms with Gasteiger partial charge in [0.15, 0.2) is 6.61 Å². The van der Waals surface area contributed by atoms with Crippen molar-refractivity contribution >= 4 is 17.0 Å². The molecule has 0 bridgehead atoms. The molecule has 66 valence electrons. The van der Waals surface area contributed by atoms with E-state index in [0.717, 1.165) is 5.56 Å². The number of rotatable bonds is 1. The molecular weight excluding hydrogens is 188 g/mol. The SMILES string of the molecule is O=C(Cl)OCC#Cc1ccccc1. The highest BCUT2D eigenvalue weighted by atomic mass is 35.5. The Labute approximate surface area is 81.5 Å². The first kappa shape index (κ1) is 9.63. The van der Waals surface area contributed by atoms with Crippen LogP contribution in [0.5, 0.6) is 0 Å². The average molecular weight is 195 g/mol. The Morgan fingerprint density at radius 2 is 2.08 bits per heavy atom. The second-order valence-electron chi connectivity index (χ2n) is 2.19. The lowest BCUT2D eigenvalue weighted by Crippen LogP contribution is -1.92. The summed E-state index contributed by atoms with van der Waals surface area (Å²) < 4.78 is 4.42. The predicted molar refractivity (Wildman–Crippen MR) is 50.5 cm³/mol. The summed E-state index contributed by atoms with van der Waals surface area (Å²) in [7, 11) is 0. The van der Waals surface area contributed by atoms with E-state index < -0.39 is 5.43 Å². The number of carbonyl (C=O) groups is 1. The first-order chi connectivity index (χ1) is 6.29. The summed E-state index contributed by atoms with van der Waals surface area (Å²) in [6.45, 7) is 0.0250. The summed E-state index contributed by atoms with van der Waals surface area (Å²) in [6, 6.07) is 9.42. The van der Waals surface area contributed by atoms with Gasteiger partial charge in [-0.1, -0.05) is 30.0 Å². The quantitative estimate of drug-likeness (QED) is 0.507. The molecule has 0 saturated heterocycles. The molecule has 0 amide bonds. The molecule has 0 aliphatic heterocycles. The van der Waals surface area contributed by atoms with Crippen LogP contribution in [-0.4, -0.2) is 12.0 Å². The maximum absolute atomic E-state index is 10.1. The Morgan fingerprint density at radius 3 is 2.69 bits per heavy atom. The van der Waals surface area contributed by atoms with Gasteiger partial charge in [-0.2, -0.15) is 0 Å². The zero-order chi connectivity index (χ0) is 9.52. The largest absolute Gasteiger partial charge is 0.440 e. The van der Waals surface area contributed by atoms with Gasteiger partial charge >= 0.3 is 5.43 Å². The van der Waals surface area contributed by atoms with Gasteiger partial charge < -0.3 is 4.74 Å². The van der Waals surface area contributed by atoms with Crippen LogP contribution in [0.4, 0.5) is 4.79 Å². The van der Waals surface area contributed by atoms with E-state index in [1.807, 2.05) is 30.3 Å². The summed E-state index contributed by atoms with van der Waals surface area (Å²) in [6.07, 6.45) is 0. The molecule has 0 N–H and O–H groups in total. The monoisotopic (exact) mass is 194 g/mol. The topological polar surface area (TPSA) is 26.3 Å². The van der Waals surface area contributed by atoms with E-state index in [4.69, 9.17) is 11.6 Å². The highest BCUT2D eigenvalue weighted by molar-refractivity contribution is 6.61. The van der Waals surface area contributed by atoms with Gasteiger partial charge in [-0.3, -0.25) is 0 Å². The summed E-state index contributed by atoms with van der Waals surface area (Å²) in [5.41, 5.74) is 0.0514. The molecule has 1 aromatic carbocycles. The Morgan fingerprint density at radius 1 is 1.38 bits per heavy atom. The summed E-state index contributed by atoms with van der Waals surface area (Å²) >= 11 is 4.93. The van der Waals surface area contributed by atoms with Crippen molar-refractivity contribution in [2.45, 2.75) is 0 Å². The Kier molecular flexibility index (Phi) is 3.87. The van der Waals surface area contributed by atoms with Crippen molar-refractivity contribution in [2.24, 2.45) is 0 Å². The lowest BCUT2D eigenvalue weighted by Gasteiger charge is -1.89. The summed E-state index contributed by atoms with van der Waals surface area (Å²) in [4.78, 5) is 10.1. The van der Waals surface area contributed by atoms with Gasteiger partial charge in [0, 0.05) is 17.2 Å². The van der Waals surface area contributed by atoms with Gasteiger partial charge in [0.05, 0.1) is 0 Å². The zero-order valence-corrected chi connectivity index (χ0v) is 7.54. The summed E-state index contributed by atoms with van der Waals surface area (Å²) in [5, 5.41) is 0. The second kappa shape index (κ2) is 5.23. The van der Waals surface area contributed by atoms with Gasteiger partial charge in [-0.15, -0.1) is 0 Å². The van der Waals surface area contributed by atoms with Gasteiger partial charge in [0.1, 0.15) is 0 Å². The molecule has 0 aliphatic carbocycles. The number of hydrogen-bond donors (Lipinski definition) is 0. The normalized spacial score (nSPS) is 8.38. The first-order valence-corrected chi connectivity index (χ1v) is 4.03. The van der Waals surface area contributed by atoms with Gasteiger partial charge in [-0.25, -0.2) is 4.79 Å². The van der Waals surface area contributed by atoms with Crippen LogP contribution in [0.1, 0.15) is 5.56 Å². The molecule has 0 aromatic heterocycles. The third kappa shape index (κ3) is 4.19. The van der Waals surface area contributed by atoms with Gasteiger partial charge in [-0.05, 0) is 12.1 Å². The lowest BCUT2D eigenvalue weighted by molar-refractivity contribution is 0.188. The van der Waals surface area contributed by atoms with Crippen molar-refractivity contribution in [3.63, 3.8) is 0 Å². The molecule has 0 fully saturated rings. The molecule has 0 spiro atoms. The molecule has 0 unspecified atom stereocenters. The van der Waals surface area contributed by atoms with Crippen molar-refractivity contribution < 1.29 is 9.53 Å². The van der Waals surface area contributed by atoms with Crippen LogP contribution in [0, 0.1) is 11.8 Å². The molecular formula is C10H7ClO2. The molecule has 2 nitrogen and oxygen atoms in total. The fraction of sp³-hybridized carbons (Fsp3) is 0.100. The van der Waals surface area contributed by atoms with E-state index >= 15 is 0 Å². The molecule has 1 aromatic rings. The molecule has 13 heavy (non-hydrogen) atoms. The van der Waals surface area contributed by atoms with Crippen molar-refractivity contribution in [2.75, 3.05) is 6.61 Å². The number of benzene rings is 1. The fourth-order valence-corrected chi connectivity index (χ4v) is 0.807. The zero-order valence-electron chi connectivity index (χ0n) is 6.79. The minimum absolute atomic E-state index is 0.0250. The van der Waals surface area contributed by atoms with Crippen LogP contribution < -0.4 is 0 Å². The fourth-order valence-electron chi connectivity index (χ4n) is 0.752. The van der Waals surface area contributed by atoms with Crippen LogP contribution in [0.3, 0.4) is 0 Å². The first-order valence-electron chi connectivity index (χ1n) is 3.65. The van der Waals surface area contributed by atoms with E-state index in [1.54, 1.807) is 0 Å². The summed E-state index contributed by atoms with van der Waals surface area (Å²) in [5.74, 6) is 5.47. The molecule has 1 rings (SSSR count).